The number of nitrogens with zero attached hydrogens (tertiary/aromatic N) is 2. The molecule has 0 fully saturated rings. The molecule has 1 amide bonds. The van der Waals surface area contributed by atoms with Gasteiger partial charge in [-0.3, -0.25) is 9.59 Å². The summed E-state index contributed by atoms with van der Waals surface area (Å²) in [6, 6.07) is 0.883. The molecular formula is C17H25N3O4S. The van der Waals surface area contributed by atoms with Crippen molar-refractivity contribution in [2.75, 3.05) is 19.1 Å². The van der Waals surface area contributed by atoms with Crippen LogP contribution in [-0.4, -0.2) is 46.8 Å². The van der Waals surface area contributed by atoms with Gasteiger partial charge in [0, 0.05) is 6.07 Å². The predicted molar refractivity (Wildman–Crippen MR) is 96.7 cm³/mol. The molecule has 1 heterocycles. The van der Waals surface area contributed by atoms with Gasteiger partial charge in [0.25, 0.3) is 5.56 Å². The number of aromatic nitrogens is 2. The lowest BCUT2D eigenvalue weighted by Gasteiger charge is -2.16. The Morgan fingerprint density at radius 3 is 2.84 bits per heavy atom. The molecule has 1 aliphatic rings. The van der Waals surface area contributed by atoms with E-state index in [4.69, 9.17) is 4.74 Å². The summed E-state index contributed by atoms with van der Waals surface area (Å²) in [6.07, 6.45) is 7.33. The average Bonchev–Trinajstić information content (AvgIpc) is 2.83. The standard InChI is InChI=1S/C17H25N3O4S/c1-24-17(23)14(8-9-25-2)18-15(21)11-20-16(22)10-12-6-4-3-5-7-13(12)19-20/h10,14H,3-9,11H2,1-2H3,(H,18,21)/t14-/m1/s1. The van der Waals surface area contributed by atoms with Crippen LogP contribution in [0.1, 0.15) is 36.9 Å². The molecule has 1 aromatic rings. The lowest BCUT2D eigenvalue weighted by molar-refractivity contribution is -0.145. The predicted octanol–water partition coefficient (Wildman–Crippen LogP) is 0.923. The third-order valence-electron chi connectivity index (χ3n) is 4.25. The molecule has 7 nitrogen and oxygen atoms in total. The topological polar surface area (TPSA) is 90.3 Å². The van der Waals surface area contributed by atoms with E-state index in [-0.39, 0.29) is 12.1 Å². The number of esters is 1. The van der Waals surface area contributed by atoms with Crippen LogP contribution in [0, 0.1) is 0 Å². The molecule has 25 heavy (non-hydrogen) atoms. The van der Waals surface area contributed by atoms with Gasteiger partial charge in [-0.15, -0.1) is 0 Å². The third kappa shape index (κ3) is 5.59. The maximum atomic E-state index is 12.3. The van der Waals surface area contributed by atoms with Gasteiger partial charge in [0.2, 0.25) is 5.91 Å². The van der Waals surface area contributed by atoms with Gasteiger partial charge in [-0.05, 0) is 49.7 Å². The van der Waals surface area contributed by atoms with Gasteiger partial charge in [0.05, 0.1) is 12.8 Å². The number of aryl methyl sites for hydroxylation is 2. The van der Waals surface area contributed by atoms with E-state index in [2.05, 4.69) is 10.4 Å². The summed E-state index contributed by atoms with van der Waals surface area (Å²) < 4.78 is 5.91. The molecule has 0 saturated heterocycles. The first kappa shape index (κ1) is 19.5. The Bertz CT molecular complexity index is 674. The van der Waals surface area contributed by atoms with Crippen molar-refractivity contribution in [3.05, 3.63) is 27.7 Å². The highest BCUT2D eigenvalue weighted by molar-refractivity contribution is 7.98. The van der Waals surface area contributed by atoms with Crippen LogP contribution in [0.4, 0.5) is 0 Å². The molecule has 2 rings (SSSR count). The minimum atomic E-state index is -0.707. The Morgan fingerprint density at radius 2 is 2.12 bits per heavy atom. The van der Waals surface area contributed by atoms with Crippen LogP contribution < -0.4 is 10.9 Å². The van der Waals surface area contributed by atoms with Crippen molar-refractivity contribution >= 4 is 23.6 Å². The molecule has 0 saturated carbocycles. The molecule has 1 atom stereocenters. The fraction of sp³-hybridized carbons (Fsp3) is 0.647. The summed E-state index contributed by atoms with van der Waals surface area (Å²) in [5, 5.41) is 7.01. The molecule has 1 N–H and O–H groups in total. The van der Waals surface area contributed by atoms with Crippen molar-refractivity contribution in [1.82, 2.24) is 15.1 Å². The zero-order valence-corrected chi connectivity index (χ0v) is 15.6. The largest absolute Gasteiger partial charge is 0.467 e. The molecule has 0 unspecified atom stereocenters. The number of hydrogen-bond acceptors (Lipinski definition) is 6. The number of carbonyl (C=O) groups is 2. The first-order chi connectivity index (χ1) is 12.0. The van der Waals surface area contributed by atoms with Crippen molar-refractivity contribution in [3.63, 3.8) is 0 Å². The Kier molecular flexibility index (Phi) is 7.49. The second-order valence-corrected chi connectivity index (χ2v) is 7.08. The van der Waals surface area contributed by atoms with E-state index in [1.807, 2.05) is 6.26 Å². The van der Waals surface area contributed by atoms with E-state index in [1.165, 1.54) is 11.8 Å². The van der Waals surface area contributed by atoms with Crippen LogP contribution in [-0.2, 0) is 33.7 Å². The van der Waals surface area contributed by atoms with Gasteiger partial charge in [0.15, 0.2) is 0 Å². The summed E-state index contributed by atoms with van der Waals surface area (Å²) in [7, 11) is 1.29. The molecule has 0 radical (unpaired) electrons. The normalized spacial score (nSPS) is 15.0. The third-order valence-corrected chi connectivity index (χ3v) is 4.89. The van der Waals surface area contributed by atoms with Crippen LogP contribution >= 0.6 is 11.8 Å². The monoisotopic (exact) mass is 367 g/mol. The highest BCUT2D eigenvalue weighted by Gasteiger charge is 2.22. The summed E-state index contributed by atoms with van der Waals surface area (Å²) in [6.45, 7) is -0.196. The van der Waals surface area contributed by atoms with Crippen molar-refractivity contribution in [2.45, 2.75) is 51.1 Å². The van der Waals surface area contributed by atoms with Crippen LogP contribution in [0.25, 0.3) is 0 Å². The van der Waals surface area contributed by atoms with Gasteiger partial charge < -0.3 is 10.1 Å². The molecule has 8 heteroatoms. The van der Waals surface area contributed by atoms with Crippen molar-refractivity contribution in [3.8, 4) is 0 Å². The number of ether oxygens (including phenoxy) is 1. The lowest BCUT2D eigenvalue weighted by Crippen LogP contribution is -2.44. The van der Waals surface area contributed by atoms with Crippen molar-refractivity contribution < 1.29 is 14.3 Å². The number of nitrogens with one attached hydrogen (secondary N) is 1. The maximum absolute atomic E-state index is 12.3. The first-order valence-electron chi connectivity index (χ1n) is 8.51. The number of methoxy groups -OCH3 is 1. The van der Waals surface area contributed by atoms with E-state index in [0.29, 0.717) is 6.42 Å². The van der Waals surface area contributed by atoms with Crippen molar-refractivity contribution in [2.24, 2.45) is 0 Å². The van der Waals surface area contributed by atoms with Gasteiger partial charge >= 0.3 is 5.97 Å². The zero-order valence-electron chi connectivity index (χ0n) is 14.7. The number of carbonyl (C=O) groups excluding carboxylic acids is 2. The highest BCUT2D eigenvalue weighted by Crippen LogP contribution is 2.16. The molecule has 1 aliphatic carbocycles. The van der Waals surface area contributed by atoms with E-state index < -0.39 is 17.9 Å². The van der Waals surface area contributed by atoms with E-state index in [1.54, 1.807) is 17.8 Å². The quantitative estimate of drug-likeness (QED) is 0.569. The van der Waals surface area contributed by atoms with E-state index >= 15 is 0 Å². The molecule has 1 aromatic heterocycles. The first-order valence-corrected chi connectivity index (χ1v) is 9.90. The SMILES string of the molecule is COC(=O)[C@@H](CCSC)NC(=O)Cn1nc2c(cc1=O)CCCCC2. The molecular weight excluding hydrogens is 342 g/mol. The number of thioether (sulfide) groups is 1. The number of hydrogen-bond donors (Lipinski definition) is 1. The van der Waals surface area contributed by atoms with Gasteiger partial charge in [-0.2, -0.15) is 16.9 Å². The van der Waals surface area contributed by atoms with Crippen LogP contribution in [0.15, 0.2) is 10.9 Å². The number of rotatable bonds is 7. The summed E-state index contributed by atoms with van der Waals surface area (Å²) >= 11 is 1.58. The second kappa shape index (κ2) is 9.60. The molecule has 138 valence electrons. The number of fused-ring (bicyclic) bond motifs is 1. The maximum Gasteiger partial charge on any atom is 0.328 e. The Balaban J connectivity index is 2.07. The van der Waals surface area contributed by atoms with Crippen LogP contribution in [0.2, 0.25) is 0 Å². The zero-order chi connectivity index (χ0) is 18.2. The fourth-order valence-corrected chi connectivity index (χ4v) is 3.37. The highest BCUT2D eigenvalue weighted by atomic mass is 32.2. The molecule has 0 bridgehead atoms. The van der Waals surface area contributed by atoms with Gasteiger partial charge in [-0.25, -0.2) is 9.48 Å². The minimum absolute atomic E-state index is 0.196. The lowest BCUT2D eigenvalue weighted by atomic mass is 10.1. The Hall–Kier alpha value is -1.83. The summed E-state index contributed by atoms with van der Waals surface area (Å²) in [5.74, 6) is -0.179. The van der Waals surface area contributed by atoms with Crippen LogP contribution in [0.5, 0.6) is 0 Å². The van der Waals surface area contributed by atoms with Gasteiger partial charge in [0.1, 0.15) is 12.6 Å². The fourth-order valence-electron chi connectivity index (χ4n) is 2.89. The average molecular weight is 367 g/mol. The van der Waals surface area contributed by atoms with E-state index in [9.17, 15) is 14.4 Å². The number of amides is 1. The second-order valence-electron chi connectivity index (χ2n) is 6.10. The minimum Gasteiger partial charge on any atom is -0.467 e. The molecule has 0 aliphatic heterocycles. The summed E-state index contributed by atoms with van der Waals surface area (Å²) in [5.41, 5.74) is 1.61. The smallest absolute Gasteiger partial charge is 0.328 e. The molecule has 0 aromatic carbocycles. The Morgan fingerprint density at radius 1 is 1.36 bits per heavy atom. The van der Waals surface area contributed by atoms with Crippen LogP contribution in [0.3, 0.4) is 0 Å². The molecule has 0 spiro atoms. The van der Waals surface area contributed by atoms with Crippen molar-refractivity contribution in [1.29, 1.82) is 0 Å². The van der Waals surface area contributed by atoms with E-state index in [0.717, 1.165) is 49.1 Å². The van der Waals surface area contributed by atoms with Gasteiger partial charge in [-0.1, -0.05) is 6.42 Å². The summed E-state index contributed by atoms with van der Waals surface area (Å²) in [4.78, 5) is 36.3. The Labute approximate surface area is 151 Å².